The third-order valence-corrected chi connectivity index (χ3v) is 1.68. The van der Waals surface area contributed by atoms with Crippen molar-refractivity contribution >= 4 is 5.97 Å². The summed E-state index contributed by atoms with van der Waals surface area (Å²) < 4.78 is 46.5. The Morgan fingerprint density at radius 1 is 1.44 bits per heavy atom. The molecule has 0 fully saturated rings. The van der Waals surface area contributed by atoms with Gasteiger partial charge in [-0.25, -0.2) is 4.79 Å². The van der Waals surface area contributed by atoms with Crippen LogP contribution in [0.25, 0.3) is 0 Å². The highest BCUT2D eigenvalue weighted by atomic mass is 19.4. The van der Waals surface area contributed by atoms with Gasteiger partial charge in [-0.05, 0) is 26.8 Å². The van der Waals surface area contributed by atoms with Crippen LogP contribution in [-0.2, 0) is 10.9 Å². The van der Waals surface area contributed by atoms with Crippen molar-refractivity contribution in [1.29, 1.82) is 0 Å². The van der Waals surface area contributed by atoms with E-state index in [9.17, 15) is 18.0 Å². The van der Waals surface area contributed by atoms with Crippen molar-refractivity contribution in [3.8, 4) is 0 Å². The van der Waals surface area contributed by atoms with Gasteiger partial charge in [0.05, 0.1) is 6.10 Å². The molecular weight excluding hydrogens is 225 g/mol. The van der Waals surface area contributed by atoms with E-state index >= 15 is 0 Å². The first-order chi connectivity index (χ1) is 7.21. The molecule has 16 heavy (non-hydrogen) atoms. The van der Waals surface area contributed by atoms with E-state index in [-0.39, 0.29) is 5.76 Å². The first kappa shape index (κ1) is 12.6. The fourth-order valence-electron chi connectivity index (χ4n) is 1.15. The summed E-state index contributed by atoms with van der Waals surface area (Å²) in [6, 6.07) is 1.02. The molecule has 0 spiro atoms. The van der Waals surface area contributed by atoms with E-state index in [4.69, 9.17) is 0 Å². The summed E-state index contributed by atoms with van der Waals surface area (Å²) in [6.45, 7) is 4.44. The predicted octanol–water partition coefficient (Wildman–Crippen LogP) is 3.17. The van der Waals surface area contributed by atoms with Crippen LogP contribution in [0.15, 0.2) is 10.5 Å². The van der Waals surface area contributed by atoms with Crippen molar-refractivity contribution in [3.05, 3.63) is 23.2 Å². The molecular formula is C10H11F3O3. The summed E-state index contributed by atoms with van der Waals surface area (Å²) in [5.74, 6) is -2.32. The van der Waals surface area contributed by atoms with Crippen LogP contribution >= 0.6 is 0 Å². The zero-order chi connectivity index (χ0) is 12.5. The molecule has 0 amide bonds. The van der Waals surface area contributed by atoms with E-state index in [0.717, 1.165) is 6.07 Å². The molecule has 0 aliphatic rings. The Bertz CT molecular complexity index is 391. The van der Waals surface area contributed by atoms with E-state index in [1.807, 2.05) is 0 Å². The van der Waals surface area contributed by atoms with Crippen LogP contribution in [0.3, 0.4) is 0 Å². The average molecular weight is 236 g/mol. The van der Waals surface area contributed by atoms with Crippen molar-refractivity contribution < 1.29 is 27.1 Å². The van der Waals surface area contributed by atoms with E-state index in [0.29, 0.717) is 0 Å². The molecule has 3 nitrogen and oxygen atoms in total. The van der Waals surface area contributed by atoms with Gasteiger partial charge in [-0.2, -0.15) is 13.2 Å². The molecule has 0 saturated heterocycles. The Labute approximate surface area is 90.2 Å². The summed E-state index contributed by atoms with van der Waals surface area (Å²) in [5, 5.41) is 0. The van der Waals surface area contributed by atoms with Gasteiger partial charge in [0.1, 0.15) is 11.3 Å². The van der Waals surface area contributed by atoms with Crippen LogP contribution in [-0.4, -0.2) is 12.1 Å². The quantitative estimate of drug-likeness (QED) is 0.740. The number of halogens is 3. The second-order valence-electron chi connectivity index (χ2n) is 3.55. The number of hydrogen-bond acceptors (Lipinski definition) is 3. The molecule has 6 heteroatoms. The summed E-state index contributed by atoms with van der Waals surface area (Å²) in [6.07, 6.45) is -5.18. The molecule has 1 rings (SSSR count). The van der Waals surface area contributed by atoms with E-state index in [1.54, 1.807) is 13.8 Å². The molecule has 1 aromatic rings. The summed E-state index contributed by atoms with van der Waals surface area (Å²) in [4.78, 5) is 11.4. The zero-order valence-electron chi connectivity index (χ0n) is 9.01. The monoisotopic (exact) mass is 236 g/mol. The van der Waals surface area contributed by atoms with Gasteiger partial charge in [0, 0.05) is 0 Å². The van der Waals surface area contributed by atoms with Gasteiger partial charge >= 0.3 is 12.1 Å². The lowest BCUT2D eigenvalue weighted by Crippen LogP contribution is -2.16. The van der Waals surface area contributed by atoms with Crippen molar-refractivity contribution in [2.75, 3.05) is 0 Å². The van der Waals surface area contributed by atoms with Crippen LogP contribution in [0.1, 0.15) is 35.7 Å². The Morgan fingerprint density at radius 3 is 2.44 bits per heavy atom. The van der Waals surface area contributed by atoms with E-state index < -0.39 is 29.6 Å². The Hall–Kier alpha value is -1.46. The third kappa shape index (κ3) is 2.77. The second kappa shape index (κ2) is 4.19. The van der Waals surface area contributed by atoms with Crippen LogP contribution in [0, 0.1) is 6.92 Å². The highest BCUT2D eigenvalue weighted by Crippen LogP contribution is 2.34. The number of esters is 1. The average Bonchev–Trinajstić information content (AvgIpc) is 2.45. The van der Waals surface area contributed by atoms with Gasteiger partial charge in [0.25, 0.3) is 0 Å². The maximum Gasteiger partial charge on any atom is 0.450 e. The van der Waals surface area contributed by atoms with Crippen molar-refractivity contribution in [1.82, 2.24) is 0 Å². The van der Waals surface area contributed by atoms with Crippen molar-refractivity contribution in [2.24, 2.45) is 0 Å². The number of carbonyl (C=O) groups is 1. The standard InChI is InChI=1S/C10H11F3O3/c1-5(2)15-9(14)7-4-6(3)16-8(7)10(11,12)13/h4-5H,1-3H3. The van der Waals surface area contributed by atoms with Gasteiger partial charge in [0.2, 0.25) is 5.76 Å². The van der Waals surface area contributed by atoms with Crippen LogP contribution in [0.5, 0.6) is 0 Å². The number of alkyl halides is 3. The molecule has 1 heterocycles. The Balaban J connectivity index is 3.09. The molecule has 1 aromatic heterocycles. The molecule has 0 unspecified atom stereocenters. The van der Waals surface area contributed by atoms with Crippen LogP contribution in [0.4, 0.5) is 13.2 Å². The lowest BCUT2D eigenvalue weighted by Gasteiger charge is -2.08. The van der Waals surface area contributed by atoms with Crippen LogP contribution < -0.4 is 0 Å². The van der Waals surface area contributed by atoms with Gasteiger partial charge in [-0.1, -0.05) is 0 Å². The zero-order valence-corrected chi connectivity index (χ0v) is 9.01. The predicted molar refractivity (Wildman–Crippen MR) is 49.0 cm³/mol. The van der Waals surface area contributed by atoms with Gasteiger partial charge in [-0.3, -0.25) is 0 Å². The topological polar surface area (TPSA) is 39.4 Å². The number of aryl methyl sites for hydroxylation is 1. The molecule has 0 N–H and O–H groups in total. The largest absolute Gasteiger partial charge is 0.459 e. The molecule has 90 valence electrons. The first-order valence-electron chi connectivity index (χ1n) is 4.60. The molecule has 0 aromatic carbocycles. The molecule has 0 radical (unpaired) electrons. The lowest BCUT2D eigenvalue weighted by molar-refractivity contribution is -0.153. The highest BCUT2D eigenvalue weighted by molar-refractivity contribution is 5.91. The smallest absolute Gasteiger partial charge is 0.450 e. The van der Waals surface area contributed by atoms with Crippen LogP contribution in [0.2, 0.25) is 0 Å². The number of hydrogen-bond donors (Lipinski definition) is 0. The maximum atomic E-state index is 12.5. The van der Waals surface area contributed by atoms with Gasteiger partial charge < -0.3 is 9.15 Å². The SMILES string of the molecule is Cc1cc(C(=O)OC(C)C)c(C(F)(F)F)o1. The van der Waals surface area contributed by atoms with Gasteiger partial charge in [0.15, 0.2) is 0 Å². The molecule has 0 aliphatic carbocycles. The maximum absolute atomic E-state index is 12.5. The highest BCUT2D eigenvalue weighted by Gasteiger charge is 2.40. The molecule has 0 bridgehead atoms. The minimum absolute atomic E-state index is 0.0167. The fourth-order valence-corrected chi connectivity index (χ4v) is 1.15. The van der Waals surface area contributed by atoms with E-state index in [1.165, 1.54) is 6.92 Å². The van der Waals surface area contributed by atoms with Gasteiger partial charge in [-0.15, -0.1) is 0 Å². The van der Waals surface area contributed by atoms with E-state index in [2.05, 4.69) is 9.15 Å². The minimum atomic E-state index is -4.69. The summed E-state index contributed by atoms with van der Waals surface area (Å²) in [5.41, 5.74) is -0.585. The Morgan fingerprint density at radius 2 is 2.00 bits per heavy atom. The first-order valence-corrected chi connectivity index (χ1v) is 4.60. The van der Waals surface area contributed by atoms with Crippen molar-refractivity contribution in [3.63, 3.8) is 0 Å². The molecule has 0 aliphatic heterocycles. The second-order valence-corrected chi connectivity index (χ2v) is 3.55. The number of furan rings is 1. The summed E-state index contributed by atoms with van der Waals surface area (Å²) in [7, 11) is 0. The Kier molecular flexibility index (Phi) is 3.30. The lowest BCUT2D eigenvalue weighted by atomic mass is 10.2. The molecule has 0 saturated carbocycles. The van der Waals surface area contributed by atoms with Crippen molar-refractivity contribution in [2.45, 2.75) is 33.1 Å². The third-order valence-electron chi connectivity index (χ3n) is 1.68. The fraction of sp³-hybridized carbons (Fsp3) is 0.500. The number of carbonyl (C=O) groups excluding carboxylic acids is 1. The normalized spacial score (nSPS) is 11.9. The summed E-state index contributed by atoms with van der Waals surface area (Å²) >= 11 is 0. The molecule has 0 atom stereocenters. The number of rotatable bonds is 2. The number of ether oxygens (including phenoxy) is 1. The minimum Gasteiger partial charge on any atom is -0.459 e.